The van der Waals surface area contributed by atoms with Crippen molar-refractivity contribution in [1.29, 1.82) is 0 Å². The van der Waals surface area contributed by atoms with Crippen molar-refractivity contribution in [3.8, 4) is 0 Å². The largest absolute Gasteiger partial charge is 0.481 e. The summed E-state index contributed by atoms with van der Waals surface area (Å²) in [6, 6.07) is 1.76. The number of furan rings is 1. The van der Waals surface area contributed by atoms with Crippen molar-refractivity contribution in [2.45, 2.75) is 47.0 Å². The van der Waals surface area contributed by atoms with E-state index < -0.39 is 11.4 Å². The van der Waals surface area contributed by atoms with Gasteiger partial charge in [-0.2, -0.15) is 0 Å². The third kappa shape index (κ3) is 3.85. The fraction of sp³-hybridized carbons (Fsp3) is 0.600. The van der Waals surface area contributed by atoms with Crippen LogP contribution in [0, 0.1) is 5.41 Å². The van der Waals surface area contributed by atoms with Gasteiger partial charge in [0.2, 0.25) is 0 Å². The van der Waals surface area contributed by atoms with Crippen molar-refractivity contribution < 1.29 is 19.1 Å². The van der Waals surface area contributed by atoms with E-state index in [4.69, 9.17) is 9.52 Å². The van der Waals surface area contributed by atoms with Gasteiger partial charge < -0.3 is 14.8 Å². The van der Waals surface area contributed by atoms with Crippen LogP contribution in [-0.4, -0.2) is 23.5 Å². The minimum absolute atomic E-state index is 0.291. The highest BCUT2D eigenvalue weighted by molar-refractivity contribution is 5.91. The molecule has 2 N–H and O–H groups in total. The van der Waals surface area contributed by atoms with Gasteiger partial charge in [-0.05, 0) is 38.3 Å². The van der Waals surface area contributed by atoms with Crippen LogP contribution in [0.1, 0.15) is 56.0 Å². The number of nitrogens with one attached hydrogen (secondary N) is 1. The van der Waals surface area contributed by atoms with Crippen molar-refractivity contribution in [1.82, 2.24) is 5.32 Å². The van der Waals surface area contributed by atoms with Gasteiger partial charge in [0, 0.05) is 13.0 Å². The molecule has 1 rings (SSSR count). The van der Waals surface area contributed by atoms with E-state index >= 15 is 0 Å². The van der Waals surface area contributed by atoms with E-state index in [9.17, 15) is 9.59 Å². The molecule has 0 unspecified atom stereocenters. The van der Waals surface area contributed by atoms with Crippen molar-refractivity contribution in [3.05, 3.63) is 23.2 Å². The lowest BCUT2D eigenvalue weighted by molar-refractivity contribution is -0.147. The summed E-state index contributed by atoms with van der Waals surface area (Å²) in [5.41, 5.74) is 0.197. The Morgan fingerprint density at radius 1 is 1.30 bits per heavy atom. The Hall–Kier alpha value is -1.78. The van der Waals surface area contributed by atoms with Crippen LogP contribution in [0.2, 0.25) is 0 Å². The minimum atomic E-state index is -0.869. The first-order chi connectivity index (χ1) is 9.31. The van der Waals surface area contributed by atoms with E-state index in [0.29, 0.717) is 18.7 Å². The Bertz CT molecular complexity index is 467. The third-order valence-electron chi connectivity index (χ3n) is 3.44. The molecule has 1 heterocycles. The molecular formula is C15H23NO4. The normalized spacial score (nSPS) is 11.4. The summed E-state index contributed by atoms with van der Waals surface area (Å²) in [7, 11) is 0. The zero-order valence-electron chi connectivity index (χ0n) is 12.6. The van der Waals surface area contributed by atoms with Crippen LogP contribution in [0.4, 0.5) is 0 Å². The molecule has 0 radical (unpaired) electrons. The Morgan fingerprint density at radius 2 is 1.95 bits per heavy atom. The molecule has 5 nitrogen and oxygen atoms in total. The van der Waals surface area contributed by atoms with Gasteiger partial charge in [0.25, 0.3) is 5.91 Å². The maximum Gasteiger partial charge on any atom is 0.309 e. The van der Waals surface area contributed by atoms with E-state index in [1.807, 2.05) is 13.8 Å². The number of carboxylic acids is 1. The minimum Gasteiger partial charge on any atom is -0.481 e. The molecular weight excluding hydrogens is 258 g/mol. The van der Waals surface area contributed by atoms with Crippen LogP contribution in [0.25, 0.3) is 0 Å². The van der Waals surface area contributed by atoms with Gasteiger partial charge in [0.15, 0.2) is 5.76 Å². The topological polar surface area (TPSA) is 79.5 Å². The zero-order valence-corrected chi connectivity index (χ0v) is 12.6. The lowest BCUT2D eigenvalue weighted by Gasteiger charge is -2.18. The molecule has 0 atom stereocenters. The predicted molar refractivity (Wildman–Crippen MR) is 75.8 cm³/mol. The number of hydrogen-bond acceptors (Lipinski definition) is 3. The summed E-state index contributed by atoms with van der Waals surface area (Å²) >= 11 is 0. The number of aliphatic carboxylic acids is 1. The SMILES string of the molecule is CCc1cc(C(=O)NCCC(C)(C)C(=O)O)oc1CC. The van der Waals surface area contributed by atoms with Crippen LogP contribution >= 0.6 is 0 Å². The summed E-state index contributed by atoms with van der Waals surface area (Å²) in [5.74, 6) is -0.0257. The quantitative estimate of drug-likeness (QED) is 0.805. The molecule has 0 fully saturated rings. The molecule has 0 saturated heterocycles. The molecule has 20 heavy (non-hydrogen) atoms. The summed E-state index contributed by atoms with van der Waals surface area (Å²) < 4.78 is 5.52. The summed E-state index contributed by atoms with van der Waals surface area (Å²) in [5, 5.41) is 11.7. The van der Waals surface area contributed by atoms with E-state index in [1.165, 1.54) is 0 Å². The van der Waals surface area contributed by atoms with E-state index in [1.54, 1.807) is 19.9 Å². The first kappa shape index (κ1) is 16.3. The van der Waals surface area contributed by atoms with Gasteiger partial charge in [0.1, 0.15) is 5.76 Å². The lowest BCUT2D eigenvalue weighted by atomic mass is 9.90. The standard InChI is InChI=1S/C15H23NO4/c1-5-10-9-12(20-11(10)6-2)13(17)16-8-7-15(3,4)14(18)19/h9H,5-8H2,1-4H3,(H,16,17)(H,18,19). The van der Waals surface area contributed by atoms with E-state index in [0.717, 1.165) is 24.2 Å². The second-order valence-electron chi connectivity index (χ2n) is 5.46. The van der Waals surface area contributed by atoms with Crippen LogP contribution in [0.3, 0.4) is 0 Å². The maximum atomic E-state index is 11.9. The molecule has 1 aromatic rings. The summed E-state index contributed by atoms with van der Waals surface area (Å²) in [4.78, 5) is 22.9. The lowest BCUT2D eigenvalue weighted by Crippen LogP contribution is -2.31. The maximum absolute atomic E-state index is 11.9. The average Bonchev–Trinajstić information content (AvgIpc) is 2.81. The molecule has 0 aliphatic rings. The molecule has 1 aromatic heterocycles. The summed E-state index contributed by atoms with van der Waals surface area (Å²) in [6.45, 7) is 7.58. The number of carbonyl (C=O) groups is 2. The third-order valence-corrected chi connectivity index (χ3v) is 3.44. The van der Waals surface area contributed by atoms with Crippen molar-refractivity contribution in [2.75, 3.05) is 6.54 Å². The predicted octanol–water partition coefficient (Wildman–Crippen LogP) is 2.64. The summed E-state index contributed by atoms with van der Waals surface area (Å²) in [6.07, 6.45) is 1.95. The Kier molecular flexibility index (Phi) is 5.36. The Labute approximate surface area is 119 Å². The molecule has 1 amide bonds. The highest BCUT2D eigenvalue weighted by Gasteiger charge is 2.26. The Balaban J connectivity index is 2.59. The fourth-order valence-corrected chi connectivity index (χ4v) is 1.86. The van der Waals surface area contributed by atoms with E-state index in [2.05, 4.69) is 5.32 Å². The van der Waals surface area contributed by atoms with Gasteiger partial charge in [0.05, 0.1) is 5.41 Å². The number of aryl methyl sites for hydroxylation is 2. The molecule has 112 valence electrons. The molecule has 0 aromatic carbocycles. The molecule has 0 bridgehead atoms. The first-order valence-electron chi connectivity index (χ1n) is 6.95. The van der Waals surface area contributed by atoms with Crippen molar-refractivity contribution in [3.63, 3.8) is 0 Å². The molecule has 0 aliphatic heterocycles. The second-order valence-corrected chi connectivity index (χ2v) is 5.46. The number of carboxylic acid groups (broad SMARTS) is 1. The smallest absolute Gasteiger partial charge is 0.309 e. The zero-order chi connectivity index (χ0) is 15.3. The van der Waals surface area contributed by atoms with Crippen molar-refractivity contribution in [2.24, 2.45) is 5.41 Å². The van der Waals surface area contributed by atoms with Gasteiger partial charge in [-0.3, -0.25) is 9.59 Å². The van der Waals surface area contributed by atoms with Crippen LogP contribution in [-0.2, 0) is 17.6 Å². The fourth-order valence-electron chi connectivity index (χ4n) is 1.86. The molecule has 5 heteroatoms. The van der Waals surface area contributed by atoms with Gasteiger partial charge in [-0.15, -0.1) is 0 Å². The number of hydrogen-bond donors (Lipinski definition) is 2. The molecule has 0 spiro atoms. The van der Waals surface area contributed by atoms with Crippen molar-refractivity contribution >= 4 is 11.9 Å². The van der Waals surface area contributed by atoms with E-state index in [-0.39, 0.29) is 5.91 Å². The van der Waals surface area contributed by atoms with Crippen LogP contribution in [0.15, 0.2) is 10.5 Å². The Morgan fingerprint density at radius 3 is 2.40 bits per heavy atom. The first-order valence-corrected chi connectivity index (χ1v) is 6.95. The molecule has 0 aliphatic carbocycles. The van der Waals surface area contributed by atoms with Gasteiger partial charge >= 0.3 is 5.97 Å². The monoisotopic (exact) mass is 281 g/mol. The highest BCUT2D eigenvalue weighted by Crippen LogP contribution is 2.20. The highest BCUT2D eigenvalue weighted by atomic mass is 16.4. The van der Waals surface area contributed by atoms with Crippen LogP contribution < -0.4 is 5.32 Å². The number of carbonyl (C=O) groups excluding carboxylic acids is 1. The van der Waals surface area contributed by atoms with Gasteiger partial charge in [-0.25, -0.2) is 0 Å². The number of amides is 1. The average molecular weight is 281 g/mol. The van der Waals surface area contributed by atoms with Crippen LogP contribution in [0.5, 0.6) is 0 Å². The second kappa shape index (κ2) is 6.59. The van der Waals surface area contributed by atoms with Gasteiger partial charge in [-0.1, -0.05) is 13.8 Å². The molecule has 0 saturated carbocycles. The number of rotatable bonds is 7.